The fourth-order valence-electron chi connectivity index (χ4n) is 9.89. The second kappa shape index (κ2) is 9.20. The van der Waals surface area contributed by atoms with Crippen LogP contribution in [0.2, 0.25) is 5.02 Å². The SMILES string of the molecule is C[C@H](CCc1ncc2ccc(Cl)cc2n1)[C@H]1CC[C@H]2[C@H]3C(CC[C@]12C)[C@@]1(C)CC[C@@H](O)C[C@H]1C[C@@H]3O. The minimum absolute atomic E-state index is 0.166. The molecule has 0 aliphatic heterocycles. The van der Waals surface area contributed by atoms with Crippen molar-refractivity contribution in [3.05, 3.63) is 35.2 Å². The van der Waals surface area contributed by atoms with Crippen LogP contribution < -0.4 is 0 Å². The quantitative estimate of drug-likeness (QED) is 0.472. The highest BCUT2D eigenvalue weighted by atomic mass is 35.5. The molecule has 36 heavy (non-hydrogen) atoms. The number of halogens is 1. The lowest BCUT2D eigenvalue weighted by Gasteiger charge is -2.62. The van der Waals surface area contributed by atoms with Gasteiger partial charge in [-0.05, 0) is 122 Å². The molecule has 6 rings (SSSR count). The van der Waals surface area contributed by atoms with Crippen LogP contribution in [0, 0.1) is 46.3 Å². The Balaban J connectivity index is 1.17. The van der Waals surface area contributed by atoms with Crippen LogP contribution in [0.1, 0.15) is 84.4 Å². The van der Waals surface area contributed by atoms with Gasteiger partial charge in [0.2, 0.25) is 0 Å². The van der Waals surface area contributed by atoms with E-state index in [1.54, 1.807) is 0 Å². The van der Waals surface area contributed by atoms with Crippen molar-refractivity contribution < 1.29 is 10.2 Å². The molecule has 5 heteroatoms. The van der Waals surface area contributed by atoms with Crippen molar-refractivity contribution >= 4 is 22.5 Å². The molecule has 1 heterocycles. The van der Waals surface area contributed by atoms with Crippen LogP contribution in [0.4, 0.5) is 0 Å². The number of aliphatic hydroxyl groups excluding tert-OH is 2. The largest absolute Gasteiger partial charge is 0.393 e. The Morgan fingerprint density at radius 3 is 2.64 bits per heavy atom. The lowest BCUT2D eigenvalue weighted by molar-refractivity contribution is -0.174. The number of aromatic nitrogens is 2. The lowest BCUT2D eigenvalue weighted by Crippen LogP contribution is -2.58. The van der Waals surface area contributed by atoms with Crippen LogP contribution in [0.5, 0.6) is 0 Å². The summed E-state index contributed by atoms with van der Waals surface area (Å²) < 4.78 is 0. The Labute approximate surface area is 221 Å². The number of aryl methyl sites for hydroxylation is 1. The summed E-state index contributed by atoms with van der Waals surface area (Å²) in [5.41, 5.74) is 1.54. The highest BCUT2D eigenvalue weighted by Gasteiger charge is 2.62. The zero-order chi connectivity index (χ0) is 25.2. The molecule has 4 aliphatic rings. The van der Waals surface area contributed by atoms with Gasteiger partial charge in [0.1, 0.15) is 5.82 Å². The minimum atomic E-state index is -0.199. The van der Waals surface area contributed by atoms with Crippen molar-refractivity contribution in [2.24, 2.45) is 46.3 Å². The summed E-state index contributed by atoms with van der Waals surface area (Å²) in [5, 5.41) is 23.6. The van der Waals surface area contributed by atoms with E-state index in [-0.39, 0.29) is 12.2 Å². The maximum atomic E-state index is 11.5. The van der Waals surface area contributed by atoms with Gasteiger partial charge in [-0.2, -0.15) is 0 Å². The van der Waals surface area contributed by atoms with E-state index in [9.17, 15) is 10.2 Å². The van der Waals surface area contributed by atoms with Crippen molar-refractivity contribution in [3.63, 3.8) is 0 Å². The molecule has 4 saturated carbocycles. The van der Waals surface area contributed by atoms with Crippen molar-refractivity contribution in [1.82, 2.24) is 9.97 Å². The Hall–Kier alpha value is -1.23. The number of nitrogens with zero attached hydrogens (tertiary/aromatic N) is 2. The third-order valence-corrected chi connectivity index (χ3v) is 12.1. The Bertz CT molecular complexity index is 1120. The van der Waals surface area contributed by atoms with E-state index in [2.05, 4.69) is 25.8 Å². The fourth-order valence-corrected chi connectivity index (χ4v) is 10.1. The van der Waals surface area contributed by atoms with Gasteiger partial charge in [0.05, 0.1) is 17.7 Å². The van der Waals surface area contributed by atoms with Crippen LogP contribution in [0.15, 0.2) is 24.4 Å². The second-order valence-electron chi connectivity index (χ2n) is 13.5. The highest BCUT2D eigenvalue weighted by molar-refractivity contribution is 6.31. The molecule has 196 valence electrons. The summed E-state index contributed by atoms with van der Waals surface area (Å²) in [7, 11) is 0. The van der Waals surface area contributed by atoms with E-state index in [4.69, 9.17) is 16.6 Å². The van der Waals surface area contributed by atoms with Gasteiger partial charge in [-0.15, -0.1) is 0 Å². The van der Waals surface area contributed by atoms with E-state index < -0.39 is 0 Å². The molecule has 0 bridgehead atoms. The standard InChI is InChI=1S/C31H43ClN2O2/c1-18(4-9-28-33-17-19-5-6-21(32)16-26(19)34-28)23-7-8-24-29-25(11-13-31(23,24)3)30(2)12-10-22(35)14-20(30)15-27(29)36/h5-6,16-18,20,22-25,27,29,35-36H,4,7-15H2,1-3H3/t18-,20+,22-,23-,24+,25?,27+,29+,30+,31-/m1/s1. The summed E-state index contributed by atoms with van der Waals surface area (Å²) in [6.45, 7) is 7.50. The van der Waals surface area contributed by atoms with Gasteiger partial charge in [-0.25, -0.2) is 9.97 Å². The van der Waals surface area contributed by atoms with E-state index in [0.29, 0.717) is 46.3 Å². The van der Waals surface area contributed by atoms with Crippen molar-refractivity contribution in [1.29, 1.82) is 0 Å². The van der Waals surface area contributed by atoms with E-state index in [1.165, 1.54) is 25.7 Å². The van der Waals surface area contributed by atoms with Gasteiger partial charge < -0.3 is 10.2 Å². The summed E-state index contributed by atoms with van der Waals surface area (Å²) >= 11 is 6.19. The first-order valence-electron chi connectivity index (χ1n) is 14.5. The maximum absolute atomic E-state index is 11.5. The van der Waals surface area contributed by atoms with Gasteiger partial charge in [-0.3, -0.25) is 0 Å². The summed E-state index contributed by atoms with van der Waals surface area (Å²) in [6.07, 6.45) is 12.5. The molecule has 4 nitrogen and oxygen atoms in total. The molecular weight excluding hydrogens is 468 g/mol. The van der Waals surface area contributed by atoms with Crippen LogP contribution >= 0.6 is 11.6 Å². The molecule has 0 radical (unpaired) electrons. The molecule has 1 unspecified atom stereocenters. The van der Waals surface area contributed by atoms with Crippen molar-refractivity contribution in [3.8, 4) is 0 Å². The van der Waals surface area contributed by atoms with Crippen LogP contribution in [0.3, 0.4) is 0 Å². The highest BCUT2D eigenvalue weighted by Crippen LogP contribution is 2.68. The molecule has 1 aromatic carbocycles. The van der Waals surface area contributed by atoms with Gasteiger partial charge >= 0.3 is 0 Å². The molecule has 0 amide bonds. The predicted octanol–water partition coefficient (Wildman–Crippen LogP) is 6.84. The van der Waals surface area contributed by atoms with Gasteiger partial charge in [0, 0.05) is 23.0 Å². The lowest BCUT2D eigenvalue weighted by atomic mass is 9.43. The Kier molecular flexibility index (Phi) is 6.41. The zero-order valence-corrected chi connectivity index (χ0v) is 22.9. The number of benzene rings is 1. The monoisotopic (exact) mass is 510 g/mol. The smallest absolute Gasteiger partial charge is 0.128 e. The average molecular weight is 511 g/mol. The van der Waals surface area contributed by atoms with E-state index in [0.717, 1.165) is 60.3 Å². The average Bonchev–Trinajstić information content (AvgIpc) is 3.20. The molecule has 0 saturated heterocycles. The van der Waals surface area contributed by atoms with E-state index in [1.807, 2.05) is 24.4 Å². The molecule has 4 aliphatic carbocycles. The van der Waals surface area contributed by atoms with Crippen LogP contribution in [0.25, 0.3) is 10.9 Å². The molecular formula is C31H43ClN2O2. The van der Waals surface area contributed by atoms with Gasteiger partial charge in [0.25, 0.3) is 0 Å². The van der Waals surface area contributed by atoms with Crippen molar-refractivity contribution in [2.75, 3.05) is 0 Å². The topological polar surface area (TPSA) is 66.2 Å². The molecule has 1 aromatic heterocycles. The first kappa shape index (κ1) is 25.1. The predicted molar refractivity (Wildman–Crippen MR) is 145 cm³/mol. The normalized spacial score (nSPS) is 43.0. The number of hydrogen-bond donors (Lipinski definition) is 2. The fraction of sp³-hybridized carbons (Fsp3) is 0.742. The zero-order valence-electron chi connectivity index (χ0n) is 22.2. The van der Waals surface area contributed by atoms with Gasteiger partial charge in [0.15, 0.2) is 0 Å². The molecule has 2 aromatic rings. The molecule has 0 spiro atoms. The molecule has 10 atom stereocenters. The second-order valence-corrected chi connectivity index (χ2v) is 13.9. The summed E-state index contributed by atoms with van der Waals surface area (Å²) in [5.74, 6) is 4.39. The van der Waals surface area contributed by atoms with Crippen LogP contribution in [-0.2, 0) is 6.42 Å². The summed E-state index contributed by atoms with van der Waals surface area (Å²) in [6, 6.07) is 5.81. The number of aliphatic hydroxyl groups is 2. The Morgan fingerprint density at radius 1 is 1.03 bits per heavy atom. The maximum Gasteiger partial charge on any atom is 0.128 e. The number of fused-ring (bicyclic) bond motifs is 6. The third-order valence-electron chi connectivity index (χ3n) is 11.8. The van der Waals surface area contributed by atoms with Crippen LogP contribution in [-0.4, -0.2) is 32.4 Å². The van der Waals surface area contributed by atoms with Gasteiger partial charge in [-0.1, -0.05) is 32.4 Å². The third kappa shape index (κ3) is 4.01. The van der Waals surface area contributed by atoms with E-state index >= 15 is 0 Å². The Morgan fingerprint density at radius 2 is 1.81 bits per heavy atom. The van der Waals surface area contributed by atoms with Crippen molar-refractivity contribution in [2.45, 2.75) is 97.2 Å². The first-order valence-corrected chi connectivity index (χ1v) is 14.8. The minimum Gasteiger partial charge on any atom is -0.393 e. The molecule has 4 fully saturated rings. The first-order chi connectivity index (χ1) is 17.2. The summed E-state index contributed by atoms with van der Waals surface area (Å²) in [4.78, 5) is 9.45. The molecule has 2 N–H and O–H groups in total. The number of rotatable bonds is 4. The number of hydrogen-bond acceptors (Lipinski definition) is 4.